The van der Waals surface area contributed by atoms with E-state index in [1.165, 1.54) is 37.5 Å². The van der Waals surface area contributed by atoms with Crippen LogP contribution in [0, 0.1) is 17.8 Å². The van der Waals surface area contributed by atoms with Crippen molar-refractivity contribution in [1.82, 2.24) is 0 Å². The van der Waals surface area contributed by atoms with E-state index in [4.69, 9.17) is 4.74 Å². The Morgan fingerprint density at radius 3 is 2.41 bits per heavy atom. The highest BCUT2D eigenvalue weighted by Gasteiger charge is 2.53. The third-order valence-corrected chi connectivity index (χ3v) is 8.07. The average molecular weight is 453 g/mol. The minimum Gasteiger partial charge on any atom is -0.465 e. The lowest BCUT2D eigenvalue weighted by atomic mass is 9.68. The molecule has 0 saturated heterocycles. The second-order valence-electron chi connectivity index (χ2n) is 9.79. The van der Waals surface area contributed by atoms with Gasteiger partial charge in [0.1, 0.15) is 0 Å². The molecule has 6 rings (SSSR count). The number of nitrogens with one attached hydrogen (secondary N) is 2. The van der Waals surface area contributed by atoms with Crippen molar-refractivity contribution in [3.63, 3.8) is 0 Å². The first kappa shape index (κ1) is 21.0. The second kappa shape index (κ2) is 8.32. The molecule has 0 unspecified atom stereocenters. The van der Waals surface area contributed by atoms with Gasteiger partial charge in [0.15, 0.2) is 0 Å². The van der Waals surface area contributed by atoms with Crippen LogP contribution < -0.4 is 10.6 Å². The molecule has 1 amide bonds. The van der Waals surface area contributed by atoms with Crippen LogP contribution in [0.2, 0.25) is 0 Å². The number of anilines is 2. The molecule has 2 bridgehead atoms. The van der Waals surface area contributed by atoms with Gasteiger partial charge in [0.2, 0.25) is 0 Å². The Balaban J connectivity index is 1.28. The van der Waals surface area contributed by atoms with E-state index in [0.717, 1.165) is 11.6 Å². The van der Waals surface area contributed by atoms with E-state index in [1.807, 2.05) is 6.07 Å². The molecule has 34 heavy (non-hydrogen) atoms. The van der Waals surface area contributed by atoms with Crippen LogP contribution in [0.4, 0.5) is 11.4 Å². The van der Waals surface area contributed by atoms with Gasteiger partial charge in [-0.05, 0) is 96.5 Å². The summed E-state index contributed by atoms with van der Waals surface area (Å²) in [7, 11) is 1.35. The minimum atomic E-state index is -0.394. The maximum Gasteiger partial charge on any atom is 0.337 e. The summed E-state index contributed by atoms with van der Waals surface area (Å²) in [5.74, 6) is 1.97. The summed E-state index contributed by atoms with van der Waals surface area (Å²) in [5.41, 5.74) is 5.57. The van der Waals surface area contributed by atoms with Gasteiger partial charge in [0, 0.05) is 16.9 Å². The summed E-state index contributed by atoms with van der Waals surface area (Å²) in [4.78, 5) is 24.7. The number of carbonyl (C=O) groups excluding carboxylic acids is 2. The number of amides is 1. The van der Waals surface area contributed by atoms with Gasteiger partial charge in [-0.2, -0.15) is 0 Å². The van der Waals surface area contributed by atoms with Gasteiger partial charge in [0.05, 0.1) is 18.7 Å². The van der Waals surface area contributed by atoms with E-state index in [2.05, 4.69) is 53.1 Å². The second-order valence-corrected chi connectivity index (χ2v) is 9.79. The van der Waals surface area contributed by atoms with E-state index in [9.17, 15) is 9.59 Å². The standard InChI is InChI=1S/C29H28N2O3/c1-34-29(33)18-9-12-22(13-10-18)30-28(32)21-11-14-24-23(16-21)25-19-7-8-20(15-19)26(25)27(31-24)17-5-3-2-4-6-17/h2-6,9-14,16,19-20,25-27,31H,7-8,15H2,1H3,(H,30,32)/t19-,20-,25-,26+,27-/m0/s1. The fourth-order valence-electron chi connectivity index (χ4n) is 6.63. The van der Waals surface area contributed by atoms with Gasteiger partial charge in [0.25, 0.3) is 5.91 Å². The van der Waals surface area contributed by atoms with Crippen LogP contribution in [-0.4, -0.2) is 19.0 Å². The first-order valence-electron chi connectivity index (χ1n) is 12.1. The van der Waals surface area contributed by atoms with Crippen molar-refractivity contribution in [2.75, 3.05) is 17.7 Å². The predicted octanol–water partition coefficient (Wildman–Crippen LogP) is 6.02. The Morgan fingerprint density at radius 1 is 0.912 bits per heavy atom. The third kappa shape index (κ3) is 3.47. The van der Waals surface area contributed by atoms with E-state index >= 15 is 0 Å². The minimum absolute atomic E-state index is 0.140. The Kier molecular flexibility index (Phi) is 5.13. The van der Waals surface area contributed by atoms with Crippen molar-refractivity contribution < 1.29 is 14.3 Å². The summed E-state index contributed by atoms with van der Waals surface area (Å²) in [6, 6.07) is 23.9. The fourth-order valence-corrected chi connectivity index (χ4v) is 6.63. The number of methoxy groups -OCH3 is 1. The Morgan fingerprint density at radius 2 is 1.65 bits per heavy atom. The number of benzene rings is 3. The largest absolute Gasteiger partial charge is 0.465 e. The molecule has 2 fully saturated rings. The lowest BCUT2D eigenvalue weighted by Gasteiger charge is -2.43. The van der Waals surface area contributed by atoms with Gasteiger partial charge >= 0.3 is 5.97 Å². The number of hydrogen-bond donors (Lipinski definition) is 2. The van der Waals surface area contributed by atoms with Crippen molar-refractivity contribution in [3.8, 4) is 0 Å². The first-order valence-corrected chi connectivity index (χ1v) is 12.1. The fraction of sp³-hybridized carbons (Fsp3) is 0.310. The SMILES string of the molecule is COC(=O)c1ccc(NC(=O)c2ccc3c(c2)[C@@H]2[C@H]4CC[C@@H](C4)[C@H]2[C@H](c2ccccc2)N3)cc1. The van der Waals surface area contributed by atoms with Crippen molar-refractivity contribution in [2.45, 2.75) is 31.2 Å². The number of hydrogen-bond acceptors (Lipinski definition) is 4. The number of fused-ring (bicyclic) bond motifs is 7. The van der Waals surface area contributed by atoms with Gasteiger partial charge in [-0.15, -0.1) is 0 Å². The van der Waals surface area contributed by atoms with Crippen LogP contribution in [-0.2, 0) is 4.74 Å². The molecule has 2 N–H and O–H groups in total. The van der Waals surface area contributed by atoms with Crippen LogP contribution in [0.3, 0.4) is 0 Å². The zero-order valence-electron chi connectivity index (χ0n) is 19.2. The monoisotopic (exact) mass is 452 g/mol. The van der Waals surface area contributed by atoms with Gasteiger partial charge < -0.3 is 15.4 Å². The molecular formula is C29H28N2O3. The summed E-state index contributed by atoms with van der Waals surface area (Å²) < 4.78 is 4.74. The van der Waals surface area contributed by atoms with Crippen LogP contribution >= 0.6 is 0 Å². The summed E-state index contributed by atoms with van der Waals surface area (Å²) in [6.07, 6.45) is 3.90. The molecular weight excluding hydrogens is 424 g/mol. The molecule has 0 aromatic heterocycles. The van der Waals surface area contributed by atoms with E-state index < -0.39 is 5.97 Å². The van der Waals surface area contributed by atoms with Gasteiger partial charge in [-0.25, -0.2) is 4.79 Å². The number of esters is 1. The Labute approximate surface area is 199 Å². The molecule has 3 aromatic carbocycles. The van der Waals surface area contributed by atoms with Crippen molar-refractivity contribution in [3.05, 3.63) is 95.1 Å². The Bertz CT molecular complexity index is 1240. The van der Waals surface area contributed by atoms with Crippen LogP contribution in [0.5, 0.6) is 0 Å². The molecule has 3 aromatic rings. The molecule has 5 nitrogen and oxygen atoms in total. The molecule has 172 valence electrons. The molecule has 5 atom stereocenters. The topological polar surface area (TPSA) is 67.4 Å². The van der Waals surface area contributed by atoms with Crippen molar-refractivity contribution >= 4 is 23.3 Å². The molecule has 2 aliphatic carbocycles. The summed E-state index contributed by atoms with van der Waals surface area (Å²) in [6.45, 7) is 0. The highest BCUT2D eigenvalue weighted by Crippen LogP contribution is 2.63. The molecule has 1 aliphatic heterocycles. The number of rotatable bonds is 4. The van der Waals surface area contributed by atoms with E-state index in [1.54, 1.807) is 24.3 Å². The average Bonchev–Trinajstić information content (AvgIpc) is 3.51. The zero-order valence-corrected chi connectivity index (χ0v) is 19.2. The van der Waals surface area contributed by atoms with Crippen LogP contribution in [0.15, 0.2) is 72.8 Å². The lowest BCUT2D eigenvalue weighted by Crippen LogP contribution is -2.35. The maximum atomic E-state index is 13.1. The van der Waals surface area contributed by atoms with Crippen LogP contribution in [0.1, 0.15) is 63.1 Å². The third-order valence-electron chi connectivity index (χ3n) is 8.07. The highest BCUT2D eigenvalue weighted by atomic mass is 16.5. The molecule has 3 aliphatic rings. The van der Waals surface area contributed by atoms with Crippen LogP contribution in [0.25, 0.3) is 0 Å². The van der Waals surface area contributed by atoms with Gasteiger partial charge in [-0.3, -0.25) is 4.79 Å². The number of carbonyl (C=O) groups is 2. The van der Waals surface area contributed by atoms with Crippen molar-refractivity contribution in [1.29, 1.82) is 0 Å². The Hall–Kier alpha value is -3.60. The normalized spacial score (nSPS) is 26.2. The van der Waals surface area contributed by atoms with Gasteiger partial charge in [-0.1, -0.05) is 30.3 Å². The first-order chi connectivity index (χ1) is 16.6. The maximum absolute atomic E-state index is 13.1. The molecule has 2 saturated carbocycles. The zero-order chi connectivity index (χ0) is 23.2. The number of ether oxygens (including phenoxy) is 1. The molecule has 0 spiro atoms. The highest BCUT2D eigenvalue weighted by molar-refractivity contribution is 6.05. The smallest absolute Gasteiger partial charge is 0.337 e. The predicted molar refractivity (Wildman–Crippen MR) is 132 cm³/mol. The van der Waals surface area contributed by atoms with E-state index in [0.29, 0.717) is 40.6 Å². The molecule has 5 heteroatoms. The van der Waals surface area contributed by atoms with Crippen molar-refractivity contribution in [2.24, 2.45) is 17.8 Å². The quantitative estimate of drug-likeness (QED) is 0.475. The lowest BCUT2D eigenvalue weighted by molar-refractivity contribution is 0.0600. The van der Waals surface area contributed by atoms with E-state index in [-0.39, 0.29) is 5.91 Å². The summed E-state index contributed by atoms with van der Waals surface area (Å²) >= 11 is 0. The summed E-state index contributed by atoms with van der Waals surface area (Å²) in [5, 5.41) is 6.80. The molecule has 0 radical (unpaired) electrons. The molecule has 1 heterocycles.